The lowest BCUT2D eigenvalue weighted by Gasteiger charge is -2.10. The summed E-state index contributed by atoms with van der Waals surface area (Å²) in [7, 11) is 0. The minimum absolute atomic E-state index is 0.259. The Labute approximate surface area is 104 Å². The summed E-state index contributed by atoms with van der Waals surface area (Å²) in [5, 5.41) is 2.98. The van der Waals surface area contributed by atoms with Crippen molar-refractivity contribution >= 4 is 22.9 Å². The number of ether oxygens (including phenoxy) is 1. The molecule has 0 bridgehead atoms. The molecule has 0 saturated carbocycles. The smallest absolute Gasteiger partial charge is 0.171 e. The van der Waals surface area contributed by atoms with Crippen LogP contribution in [0.5, 0.6) is 5.75 Å². The van der Waals surface area contributed by atoms with Crippen LogP contribution in [0.3, 0.4) is 0 Å². The molecule has 84 valence electrons. The summed E-state index contributed by atoms with van der Waals surface area (Å²) in [6.07, 6.45) is 2.59. The fourth-order valence-corrected chi connectivity index (χ4v) is 2.02. The predicted octanol–water partition coefficient (Wildman–Crippen LogP) is 4.16. The first kappa shape index (κ1) is 11.4. The van der Waals surface area contributed by atoms with Crippen LogP contribution in [0, 0.1) is 0 Å². The van der Waals surface area contributed by atoms with Gasteiger partial charge in [0.25, 0.3) is 0 Å². The average Bonchev–Trinajstić information content (AvgIpc) is 2.83. The maximum absolute atomic E-state index is 5.91. The highest BCUT2D eigenvalue weighted by Gasteiger charge is 2.04. The summed E-state index contributed by atoms with van der Waals surface area (Å²) in [6, 6.07) is 7.82. The van der Waals surface area contributed by atoms with Crippen molar-refractivity contribution in [3.8, 4) is 16.3 Å². The van der Waals surface area contributed by atoms with E-state index < -0.39 is 0 Å². The molecule has 1 aromatic heterocycles. The highest BCUT2D eigenvalue weighted by Crippen LogP contribution is 2.24. The van der Waals surface area contributed by atoms with E-state index in [4.69, 9.17) is 16.3 Å². The average molecular weight is 254 g/mol. The van der Waals surface area contributed by atoms with Crippen LogP contribution in [0.4, 0.5) is 0 Å². The van der Waals surface area contributed by atoms with Gasteiger partial charge in [-0.05, 0) is 30.7 Å². The molecule has 0 amide bonds. The van der Waals surface area contributed by atoms with Gasteiger partial charge < -0.3 is 4.74 Å². The van der Waals surface area contributed by atoms with Crippen LogP contribution >= 0.6 is 22.9 Å². The van der Waals surface area contributed by atoms with Crippen LogP contribution in [0.2, 0.25) is 0 Å². The Morgan fingerprint density at radius 2 is 2.12 bits per heavy atom. The first-order valence-corrected chi connectivity index (χ1v) is 6.42. The zero-order valence-electron chi connectivity index (χ0n) is 8.89. The van der Waals surface area contributed by atoms with E-state index in [0.717, 1.165) is 22.7 Å². The Bertz CT molecular complexity index is 427. The van der Waals surface area contributed by atoms with E-state index in [9.17, 15) is 0 Å². The summed E-state index contributed by atoms with van der Waals surface area (Å²) in [5.41, 5.74) is 0.843. The van der Waals surface area contributed by atoms with Crippen LogP contribution < -0.4 is 4.74 Å². The van der Waals surface area contributed by atoms with Crippen LogP contribution in [-0.4, -0.2) is 10.5 Å². The van der Waals surface area contributed by atoms with Gasteiger partial charge in [0.15, 0.2) is 5.56 Å². The van der Waals surface area contributed by atoms with Gasteiger partial charge in [-0.25, -0.2) is 4.98 Å². The number of hydrogen-bond acceptors (Lipinski definition) is 3. The van der Waals surface area contributed by atoms with E-state index in [1.165, 1.54) is 0 Å². The van der Waals surface area contributed by atoms with Crippen LogP contribution in [-0.2, 0) is 0 Å². The minimum atomic E-state index is -0.259. The molecule has 1 unspecified atom stereocenters. The first-order chi connectivity index (χ1) is 7.79. The van der Waals surface area contributed by atoms with Gasteiger partial charge in [0.2, 0.25) is 0 Å². The first-order valence-electron chi connectivity index (χ1n) is 5.10. The lowest BCUT2D eigenvalue weighted by molar-refractivity contribution is 0.277. The third kappa shape index (κ3) is 2.74. The van der Waals surface area contributed by atoms with Crippen LogP contribution in [0.25, 0.3) is 10.6 Å². The fourth-order valence-electron chi connectivity index (χ4n) is 1.27. The molecule has 16 heavy (non-hydrogen) atoms. The molecule has 1 aromatic carbocycles. The van der Waals surface area contributed by atoms with Crippen molar-refractivity contribution in [2.24, 2.45) is 0 Å². The molecule has 1 heterocycles. The van der Waals surface area contributed by atoms with Gasteiger partial charge in [-0.2, -0.15) is 0 Å². The van der Waals surface area contributed by atoms with E-state index in [-0.39, 0.29) is 5.56 Å². The van der Waals surface area contributed by atoms with Crippen molar-refractivity contribution in [1.82, 2.24) is 4.98 Å². The molecule has 4 heteroatoms. The molecule has 0 fully saturated rings. The number of rotatable bonds is 4. The Morgan fingerprint density at radius 3 is 2.69 bits per heavy atom. The molecular formula is C12H12ClNOS. The normalized spacial score (nSPS) is 12.4. The standard InChI is InChI=1S/C12H12ClNOS/c1-2-11(13)15-10-5-3-9(4-6-10)12-14-7-8-16-12/h3-8,11H,2H2,1H3. The van der Waals surface area contributed by atoms with Crippen LogP contribution in [0.1, 0.15) is 13.3 Å². The van der Waals surface area contributed by atoms with E-state index in [1.807, 2.05) is 36.6 Å². The molecule has 0 radical (unpaired) electrons. The SMILES string of the molecule is CCC(Cl)Oc1ccc(-c2nccs2)cc1. The van der Waals surface area contributed by atoms with Crippen molar-refractivity contribution in [3.63, 3.8) is 0 Å². The minimum Gasteiger partial charge on any atom is -0.475 e. The lowest BCUT2D eigenvalue weighted by atomic mass is 10.2. The molecule has 0 aliphatic carbocycles. The number of aromatic nitrogens is 1. The van der Waals surface area contributed by atoms with Crippen molar-refractivity contribution in [1.29, 1.82) is 0 Å². The molecule has 2 rings (SSSR count). The fraction of sp³-hybridized carbons (Fsp3) is 0.250. The van der Waals surface area contributed by atoms with Crippen molar-refractivity contribution in [3.05, 3.63) is 35.8 Å². The van der Waals surface area contributed by atoms with Gasteiger partial charge >= 0.3 is 0 Å². The second kappa shape index (κ2) is 5.32. The summed E-state index contributed by atoms with van der Waals surface area (Å²) >= 11 is 7.53. The molecule has 0 aliphatic rings. The molecule has 0 spiro atoms. The molecule has 1 atom stereocenters. The van der Waals surface area contributed by atoms with E-state index in [0.29, 0.717) is 0 Å². The molecule has 0 aliphatic heterocycles. The van der Waals surface area contributed by atoms with Crippen LogP contribution in [0.15, 0.2) is 35.8 Å². The quantitative estimate of drug-likeness (QED) is 0.764. The summed E-state index contributed by atoms with van der Waals surface area (Å²) in [5.74, 6) is 0.794. The van der Waals surface area contributed by atoms with E-state index in [1.54, 1.807) is 17.5 Å². The van der Waals surface area contributed by atoms with Gasteiger partial charge in [0.05, 0.1) is 0 Å². The summed E-state index contributed by atoms with van der Waals surface area (Å²) < 4.78 is 5.48. The van der Waals surface area contributed by atoms with E-state index in [2.05, 4.69) is 4.98 Å². The van der Waals surface area contributed by atoms with Crippen molar-refractivity contribution < 1.29 is 4.74 Å². The maximum atomic E-state index is 5.91. The predicted molar refractivity (Wildman–Crippen MR) is 68.1 cm³/mol. The molecule has 0 saturated heterocycles. The van der Waals surface area contributed by atoms with Gasteiger partial charge in [0.1, 0.15) is 10.8 Å². The second-order valence-corrected chi connectivity index (χ2v) is 4.68. The lowest BCUT2D eigenvalue weighted by Crippen LogP contribution is -2.06. The van der Waals surface area contributed by atoms with Gasteiger partial charge in [-0.1, -0.05) is 18.5 Å². The van der Waals surface area contributed by atoms with Gasteiger partial charge in [0, 0.05) is 17.1 Å². The maximum Gasteiger partial charge on any atom is 0.171 e. The summed E-state index contributed by atoms with van der Waals surface area (Å²) in [6.45, 7) is 1.99. The number of nitrogens with zero attached hydrogens (tertiary/aromatic N) is 1. The van der Waals surface area contributed by atoms with Crippen molar-refractivity contribution in [2.45, 2.75) is 18.9 Å². The summed E-state index contributed by atoms with van der Waals surface area (Å²) in [4.78, 5) is 4.24. The van der Waals surface area contributed by atoms with Gasteiger partial charge in [-0.15, -0.1) is 11.3 Å². The molecular weight excluding hydrogens is 242 g/mol. The molecule has 2 aromatic rings. The topological polar surface area (TPSA) is 22.1 Å². The Kier molecular flexibility index (Phi) is 3.80. The third-order valence-corrected chi connectivity index (χ3v) is 3.34. The largest absolute Gasteiger partial charge is 0.475 e. The monoisotopic (exact) mass is 253 g/mol. The van der Waals surface area contributed by atoms with Gasteiger partial charge in [-0.3, -0.25) is 0 Å². The number of alkyl halides is 1. The number of hydrogen-bond donors (Lipinski definition) is 0. The van der Waals surface area contributed by atoms with E-state index >= 15 is 0 Å². The highest BCUT2D eigenvalue weighted by molar-refractivity contribution is 7.13. The zero-order chi connectivity index (χ0) is 11.4. The Hall–Kier alpha value is -1.06. The molecule has 0 N–H and O–H groups in total. The third-order valence-electron chi connectivity index (χ3n) is 2.12. The number of halogens is 1. The molecule has 2 nitrogen and oxygen atoms in total. The Morgan fingerprint density at radius 1 is 1.38 bits per heavy atom. The Balaban J connectivity index is 2.11. The number of benzene rings is 1. The number of thiazole rings is 1. The highest BCUT2D eigenvalue weighted by atomic mass is 35.5. The zero-order valence-corrected chi connectivity index (χ0v) is 10.5. The second-order valence-electron chi connectivity index (χ2n) is 3.30. The van der Waals surface area contributed by atoms with Crippen molar-refractivity contribution in [2.75, 3.05) is 0 Å².